The number of amides is 2. The van der Waals surface area contributed by atoms with Gasteiger partial charge in [0.25, 0.3) is 0 Å². The summed E-state index contributed by atoms with van der Waals surface area (Å²) in [6.45, 7) is 4.24. The Bertz CT molecular complexity index is 818. The van der Waals surface area contributed by atoms with Crippen molar-refractivity contribution < 1.29 is 14.0 Å². The fraction of sp³-hybridized carbons (Fsp3) is 0.300. The van der Waals surface area contributed by atoms with Crippen LogP contribution in [0.1, 0.15) is 18.1 Å². The van der Waals surface area contributed by atoms with Crippen molar-refractivity contribution in [2.24, 2.45) is 0 Å². The molecule has 2 aromatic carbocycles. The van der Waals surface area contributed by atoms with Crippen molar-refractivity contribution in [3.63, 3.8) is 0 Å². The molecule has 26 heavy (non-hydrogen) atoms. The molecule has 2 aromatic rings. The van der Waals surface area contributed by atoms with Crippen molar-refractivity contribution in [2.45, 2.75) is 26.3 Å². The summed E-state index contributed by atoms with van der Waals surface area (Å²) in [5, 5.41) is 0.218. The first-order valence-electron chi connectivity index (χ1n) is 8.46. The molecule has 0 radical (unpaired) electrons. The Balaban J connectivity index is 1.74. The van der Waals surface area contributed by atoms with E-state index in [0.717, 1.165) is 11.3 Å². The summed E-state index contributed by atoms with van der Waals surface area (Å²) in [5.41, 5.74) is 2.10. The number of rotatable bonds is 3. The maximum atomic E-state index is 13.9. The highest BCUT2D eigenvalue weighted by Gasteiger charge is 2.33. The molecule has 0 spiro atoms. The summed E-state index contributed by atoms with van der Waals surface area (Å²) in [4.78, 5) is 28.4. The van der Waals surface area contributed by atoms with Crippen molar-refractivity contribution in [1.82, 2.24) is 4.90 Å². The SMILES string of the molecule is Cc1ccc(N2C[C@H](C)N(C(=O)Cc3c(F)cccc3Cl)CC2=O)cc1. The van der Waals surface area contributed by atoms with E-state index in [1.807, 2.05) is 38.1 Å². The number of anilines is 1. The fourth-order valence-electron chi connectivity index (χ4n) is 3.11. The molecule has 0 aliphatic carbocycles. The van der Waals surface area contributed by atoms with Crippen molar-refractivity contribution in [2.75, 3.05) is 18.0 Å². The Hall–Kier alpha value is -2.40. The van der Waals surface area contributed by atoms with Crippen LogP contribution in [0.2, 0.25) is 5.02 Å². The summed E-state index contributed by atoms with van der Waals surface area (Å²) in [6.07, 6.45) is -0.159. The van der Waals surface area contributed by atoms with Crippen LogP contribution in [0, 0.1) is 12.7 Å². The monoisotopic (exact) mass is 374 g/mol. The van der Waals surface area contributed by atoms with Crippen molar-refractivity contribution >= 4 is 29.1 Å². The van der Waals surface area contributed by atoms with Gasteiger partial charge in [0, 0.05) is 28.9 Å². The van der Waals surface area contributed by atoms with Crippen molar-refractivity contribution in [3.8, 4) is 0 Å². The van der Waals surface area contributed by atoms with Gasteiger partial charge in [-0.2, -0.15) is 0 Å². The molecule has 1 saturated heterocycles. The Morgan fingerprint density at radius 1 is 1.23 bits per heavy atom. The Morgan fingerprint density at radius 2 is 1.92 bits per heavy atom. The van der Waals surface area contributed by atoms with Gasteiger partial charge in [-0.3, -0.25) is 9.59 Å². The van der Waals surface area contributed by atoms with E-state index < -0.39 is 5.82 Å². The number of hydrogen-bond acceptors (Lipinski definition) is 2. The lowest BCUT2D eigenvalue weighted by molar-refractivity contribution is -0.138. The normalized spacial score (nSPS) is 17.5. The third kappa shape index (κ3) is 3.73. The lowest BCUT2D eigenvalue weighted by Gasteiger charge is -2.39. The molecule has 6 heteroatoms. The average molecular weight is 375 g/mol. The third-order valence-corrected chi connectivity index (χ3v) is 5.00. The fourth-order valence-corrected chi connectivity index (χ4v) is 3.34. The molecule has 1 aliphatic heterocycles. The molecule has 3 rings (SSSR count). The first-order valence-corrected chi connectivity index (χ1v) is 8.84. The van der Waals surface area contributed by atoms with E-state index in [-0.39, 0.29) is 41.4 Å². The van der Waals surface area contributed by atoms with E-state index in [1.54, 1.807) is 11.0 Å². The molecular formula is C20H20ClFN2O2. The first kappa shape index (κ1) is 18.4. The summed E-state index contributed by atoms with van der Waals surface area (Å²) < 4.78 is 13.9. The van der Waals surface area contributed by atoms with Gasteiger partial charge in [-0.1, -0.05) is 35.4 Å². The second kappa shape index (κ2) is 7.46. The first-order chi connectivity index (χ1) is 12.4. The predicted octanol–water partition coefficient (Wildman–Crippen LogP) is 3.59. The smallest absolute Gasteiger partial charge is 0.246 e. The molecule has 1 atom stereocenters. The van der Waals surface area contributed by atoms with Gasteiger partial charge in [-0.05, 0) is 38.1 Å². The summed E-state index contributed by atoms with van der Waals surface area (Å²) in [6, 6.07) is 11.9. The molecule has 1 aliphatic rings. The Labute approximate surface area is 157 Å². The molecule has 1 heterocycles. The maximum absolute atomic E-state index is 13.9. The number of halogens is 2. The van der Waals surface area contributed by atoms with Gasteiger partial charge in [0.05, 0.1) is 6.42 Å². The second-order valence-electron chi connectivity index (χ2n) is 6.59. The van der Waals surface area contributed by atoms with E-state index >= 15 is 0 Å². The minimum Gasteiger partial charge on any atom is -0.329 e. The van der Waals surface area contributed by atoms with Gasteiger partial charge in [0.2, 0.25) is 11.8 Å². The van der Waals surface area contributed by atoms with Gasteiger partial charge in [0.1, 0.15) is 12.4 Å². The van der Waals surface area contributed by atoms with E-state index in [1.165, 1.54) is 17.0 Å². The molecule has 1 fully saturated rings. The lowest BCUT2D eigenvalue weighted by Crippen LogP contribution is -2.57. The van der Waals surface area contributed by atoms with Crippen LogP contribution in [0.4, 0.5) is 10.1 Å². The van der Waals surface area contributed by atoms with E-state index in [0.29, 0.717) is 6.54 Å². The summed E-state index contributed by atoms with van der Waals surface area (Å²) in [7, 11) is 0. The number of carbonyl (C=O) groups is 2. The predicted molar refractivity (Wildman–Crippen MR) is 99.8 cm³/mol. The van der Waals surface area contributed by atoms with Crippen LogP contribution < -0.4 is 4.90 Å². The van der Waals surface area contributed by atoms with Gasteiger partial charge in [0.15, 0.2) is 0 Å². The van der Waals surface area contributed by atoms with Crippen molar-refractivity contribution in [3.05, 3.63) is 64.4 Å². The lowest BCUT2D eigenvalue weighted by atomic mass is 10.1. The zero-order valence-electron chi connectivity index (χ0n) is 14.7. The number of aryl methyl sites for hydroxylation is 1. The van der Waals surface area contributed by atoms with Crippen LogP contribution in [-0.4, -0.2) is 35.8 Å². The van der Waals surface area contributed by atoms with Crippen LogP contribution in [0.15, 0.2) is 42.5 Å². The highest BCUT2D eigenvalue weighted by atomic mass is 35.5. The molecule has 4 nitrogen and oxygen atoms in total. The third-order valence-electron chi connectivity index (χ3n) is 4.64. The minimum atomic E-state index is -0.511. The highest BCUT2D eigenvalue weighted by Crippen LogP contribution is 2.24. The quantitative estimate of drug-likeness (QED) is 0.823. The second-order valence-corrected chi connectivity index (χ2v) is 6.99. The molecule has 0 bridgehead atoms. The highest BCUT2D eigenvalue weighted by molar-refractivity contribution is 6.31. The van der Waals surface area contributed by atoms with Crippen LogP contribution in [-0.2, 0) is 16.0 Å². The van der Waals surface area contributed by atoms with Gasteiger partial charge in [-0.15, -0.1) is 0 Å². The number of benzene rings is 2. The minimum absolute atomic E-state index is 0.0278. The number of carbonyl (C=O) groups excluding carboxylic acids is 2. The topological polar surface area (TPSA) is 40.6 Å². The van der Waals surface area contributed by atoms with Gasteiger partial charge >= 0.3 is 0 Å². The number of nitrogens with zero attached hydrogens (tertiary/aromatic N) is 2. The standard InChI is InChI=1S/C20H20ClFN2O2/c1-13-6-8-15(9-7-13)24-11-14(2)23(12-20(24)26)19(25)10-16-17(21)4-3-5-18(16)22/h3-9,14H,10-12H2,1-2H3/t14-/m0/s1. The molecule has 0 saturated carbocycles. The summed E-state index contributed by atoms with van der Waals surface area (Å²) in [5.74, 6) is -0.968. The van der Waals surface area contributed by atoms with Crippen LogP contribution in [0.25, 0.3) is 0 Å². The van der Waals surface area contributed by atoms with E-state index in [4.69, 9.17) is 11.6 Å². The van der Waals surface area contributed by atoms with Crippen LogP contribution in [0.3, 0.4) is 0 Å². The Kier molecular flexibility index (Phi) is 5.28. The molecule has 136 valence electrons. The van der Waals surface area contributed by atoms with Gasteiger partial charge < -0.3 is 9.80 Å². The molecule has 2 amide bonds. The van der Waals surface area contributed by atoms with Crippen LogP contribution in [0.5, 0.6) is 0 Å². The molecule has 0 aromatic heterocycles. The van der Waals surface area contributed by atoms with E-state index in [9.17, 15) is 14.0 Å². The number of hydrogen-bond donors (Lipinski definition) is 0. The maximum Gasteiger partial charge on any atom is 0.246 e. The van der Waals surface area contributed by atoms with Gasteiger partial charge in [-0.25, -0.2) is 4.39 Å². The number of piperazine rings is 1. The zero-order valence-corrected chi connectivity index (χ0v) is 15.5. The van der Waals surface area contributed by atoms with Crippen molar-refractivity contribution in [1.29, 1.82) is 0 Å². The molecule has 0 unspecified atom stereocenters. The van der Waals surface area contributed by atoms with E-state index in [2.05, 4.69) is 0 Å². The average Bonchev–Trinajstić information content (AvgIpc) is 2.60. The summed E-state index contributed by atoms with van der Waals surface area (Å²) >= 11 is 6.01. The zero-order chi connectivity index (χ0) is 18.8. The molecular weight excluding hydrogens is 355 g/mol. The molecule has 0 N–H and O–H groups in total. The largest absolute Gasteiger partial charge is 0.329 e. The Morgan fingerprint density at radius 3 is 2.58 bits per heavy atom. The van der Waals surface area contributed by atoms with Crippen LogP contribution >= 0.6 is 11.6 Å².